The van der Waals surface area contributed by atoms with Gasteiger partial charge in [-0.25, -0.2) is 4.79 Å². The number of rotatable bonds is 6. The summed E-state index contributed by atoms with van der Waals surface area (Å²) >= 11 is 0. The summed E-state index contributed by atoms with van der Waals surface area (Å²) < 4.78 is 0. The first-order chi connectivity index (χ1) is 9.20. The zero-order valence-corrected chi connectivity index (χ0v) is 12.9. The highest BCUT2D eigenvalue weighted by Gasteiger charge is 2.28. The molecule has 2 heterocycles. The molecule has 2 N–H and O–H groups in total. The molecular weight excluding hydrogens is 280 g/mol. The van der Waals surface area contributed by atoms with Crippen LogP contribution in [0.5, 0.6) is 0 Å². The van der Waals surface area contributed by atoms with Gasteiger partial charge in [-0.3, -0.25) is 9.69 Å². The lowest BCUT2D eigenvalue weighted by Crippen LogP contribution is -2.43. The van der Waals surface area contributed by atoms with E-state index in [9.17, 15) is 9.59 Å². The van der Waals surface area contributed by atoms with E-state index in [1.54, 1.807) is 0 Å². The van der Waals surface area contributed by atoms with Crippen LogP contribution >= 0.6 is 12.4 Å². The molecular formula is C13H25ClN4O2. The van der Waals surface area contributed by atoms with Crippen molar-refractivity contribution in [3.63, 3.8) is 0 Å². The van der Waals surface area contributed by atoms with Gasteiger partial charge in [-0.15, -0.1) is 12.4 Å². The summed E-state index contributed by atoms with van der Waals surface area (Å²) in [5, 5.41) is 5.94. The van der Waals surface area contributed by atoms with Crippen LogP contribution in [0.1, 0.15) is 19.8 Å². The molecule has 2 fully saturated rings. The van der Waals surface area contributed by atoms with E-state index in [-0.39, 0.29) is 30.9 Å². The summed E-state index contributed by atoms with van der Waals surface area (Å²) in [6.45, 7) is 7.88. The molecule has 2 aliphatic heterocycles. The molecule has 0 bridgehead atoms. The van der Waals surface area contributed by atoms with E-state index in [2.05, 4.69) is 22.5 Å². The Hall–Kier alpha value is -0.850. The van der Waals surface area contributed by atoms with Crippen LogP contribution in [0, 0.1) is 5.92 Å². The summed E-state index contributed by atoms with van der Waals surface area (Å²) in [7, 11) is 0. The maximum absolute atomic E-state index is 11.4. The fourth-order valence-corrected chi connectivity index (χ4v) is 2.69. The molecule has 0 spiro atoms. The van der Waals surface area contributed by atoms with E-state index in [0.29, 0.717) is 6.54 Å². The van der Waals surface area contributed by atoms with Crippen molar-refractivity contribution in [1.29, 1.82) is 0 Å². The Labute approximate surface area is 126 Å². The van der Waals surface area contributed by atoms with Gasteiger partial charge in [0.05, 0.1) is 6.54 Å². The van der Waals surface area contributed by atoms with Crippen molar-refractivity contribution < 1.29 is 9.59 Å². The Morgan fingerprint density at radius 1 is 1.25 bits per heavy atom. The number of halogens is 1. The molecule has 2 saturated heterocycles. The van der Waals surface area contributed by atoms with E-state index < -0.39 is 0 Å². The smallest absolute Gasteiger partial charge is 0.324 e. The van der Waals surface area contributed by atoms with Crippen LogP contribution in [0.15, 0.2) is 0 Å². The maximum Gasteiger partial charge on any atom is 0.324 e. The molecule has 7 heteroatoms. The van der Waals surface area contributed by atoms with Gasteiger partial charge in [0.15, 0.2) is 0 Å². The molecule has 0 radical (unpaired) electrons. The zero-order chi connectivity index (χ0) is 13.7. The molecule has 0 saturated carbocycles. The topological polar surface area (TPSA) is 64.7 Å². The fourth-order valence-electron chi connectivity index (χ4n) is 2.69. The van der Waals surface area contributed by atoms with Gasteiger partial charge in [0, 0.05) is 13.1 Å². The summed E-state index contributed by atoms with van der Waals surface area (Å²) in [5.74, 6) is 0.667. The Balaban J connectivity index is 0.00000200. The van der Waals surface area contributed by atoms with Crippen LogP contribution in [0.25, 0.3) is 0 Å². The molecule has 0 aromatic carbocycles. The second-order valence-electron chi connectivity index (χ2n) is 5.30. The van der Waals surface area contributed by atoms with Crippen molar-refractivity contribution in [2.45, 2.75) is 19.8 Å². The fraction of sp³-hybridized carbons (Fsp3) is 0.846. The summed E-state index contributed by atoms with van der Waals surface area (Å²) in [4.78, 5) is 26.5. The third-order valence-corrected chi connectivity index (χ3v) is 3.97. The monoisotopic (exact) mass is 304 g/mol. The van der Waals surface area contributed by atoms with Crippen LogP contribution in [0.4, 0.5) is 4.79 Å². The first-order valence-corrected chi connectivity index (χ1v) is 7.22. The van der Waals surface area contributed by atoms with Crippen LogP contribution in [0.2, 0.25) is 0 Å². The number of amides is 3. The molecule has 0 aromatic rings. The molecule has 2 rings (SSSR count). The number of nitrogens with zero attached hydrogens (tertiary/aromatic N) is 2. The quantitative estimate of drug-likeness (QED) is 0.692. The van der Waals surface area contributed by atoms with Gasteiger partial charge in [-0.2, -0.15) is 0 Å². The maximum atomic E-state index is 11.4. The molecule has 0 atom stereocenters. The second-order valence-corrected chi connectivity index (χ2v) is 5.30. The minimum atomic E-state index is -0.243. The zero-order valence-electron chi connectivity index (χ0n) is 12.1. The number of nitrogens with one attached hydrogen (secondary N) is 2. The number of hydrogen-bond acceptors (Lipinski definition) is 4. The van der Waals surface area contributed by atoms with Crippen LogP contribution < -0.4 is 10.6 Å². The Bertz CT molecular complexity index is 316. The van der Waals surface area contributed by atoms with E-state index in [0.717, 1.165) is 38.6 Å². The van der Waals surface area contributed by atoms with Gasteiger partial charge in [0.2, 0.25) is 5.91 Å². The third kappa shape index (κ3) is 4.61. The number of hydrogen-bond donors (Lipinski definition) is 2. The third-order valence-electron chi connectivity index (χ3n) is 3.97. The minimum absolute atomic E-state index is 0. The van der Waals surface area contributed by atoms with Crippen LogP contribution in [-0.4, -0.2) is 67.6 Å². The molecule has 3 amide bonds. The van der Waals surface area contributed by atoms with Gasteiger partial charge in [-0.05, 0) is 44.9 Å². The lowest BCUT2D eigenvalue weighted by Gasteiger charge is -2.32. The second kappa shape index (κ2) is 8.44. The van der Waals surface area contributed by atoms with Gasteiger partial charge >= 0.3 is 6.03 Å². The number of likely N-dealkylation sites (tertiary alicyclic amines) is 1. The number of imide groups is 1. The van der Waals surface area contributed by atoms with Crippen molar-refractivity contribution >= 4 is 24.3 Å². The van der Waals surface area contributed by atoms with E-state index in [1.807, 2.05) is 0 Å². The lowest BCUT2D eigenvalue weighted by molar-refractivity contribution is -0.125. The summed E-state index contributed by atoms with van der Waals surface area (Å²) in [5.41, 5.74) is 0. The molecule has 0 aromatic heterocycles. The van der Waals surface area contributed by atoms with Crippen molar-refractivity contribution in [3.8, 4) is 0 Å². The summed E-state index contributed by atoms with van der Waals surface area (Å²) in [6.07, 6.45) is 2.40. The predicted octanol–water partition coefficient (Wildman–Crippen LogP) is 0.282. The largest absolute Gasteiger partial charge is 0.329 e. The van der Waals surface area contributed by atoms with Crippen LogP contribution in [-0.2, 0) is 4.79 Å². The number of carbonyl (C=O) groups is 2. The van der Waals surface area contributed by atoms with Gasteiger partial charge < -0.3 is 15.5 Å². The normalized spacial score (nSPS) is 20.9. The van der Waals surface area contributed by atoms with Gasteiger partial charge in [0.25, 0.3) is 0 Å². The molecule has 0 aliphatic carbocycles. The van der Waals surface area contributed by atoms with Crippen molar-refractivity contribution in [3.05, 3.63) is 0 Å². The highest BCUT2D eigenvalue weighted by molar-refractivity contribution is 6.01. The van der Waals surface area contributed by atoms with Crippen molar-refractivity contribution in [2.24, 2.45) is 5.92 Å². The Kier molecular flexibility index (Phi) is 7.26. The first-order valence-electron chi connectivity index (χ1n) is 7.22. The summed E-state index contributed by atoms with van der Waals surface area (Å²) in [6, 6.07) is -0.243. The lowest BCUT2D eigenvalue weighted by atomic mass is 9.97. The van der Waals surface area contributed by atoms with E-state index in [1.165, 1.54) is 17.7 Å². The number of piperidine rings is 1. The molecule has 116 valence electrons. The van der Waals surface area contributed by atoms with Crippen molar-refractivity contribution in [1.82, 2.24) is 20.4 Å². The highest BCUT2D eigenvalue weighted by Crippen LogP contribution is 2.16. The highest BCUT2D eigenvalue weighted by atomic mass is 35.5. The Morgan fingerprint density at radius 3 is 2.50 bits per heavy atom. The van der Waals surface area contributed by atoms with Gasteiger partial charge in [0.1, 0.15) is 0 Å². The molecule has 2 aliphatic rings. The predicted molar refractivity (Wildman–Crippen MR) is 80.1 cm³/mol. The Morgan fingerprint density at radius 2 is 1.95 bits per heavy atom. The van der Waals surface area contributed by atoms with Crippen molar-refractivity contribution in [2.75, 3.05) is 45.8 Å². The van der Waals surface area contributed by atoms with E-state index >= 15 is 0 Å². The number of carbonyl (C=O) groups excluding carboxylic acids is 2. The average molecular weight is 305 g/mol. The van der Waals surface area contributed by atoms with E-state index in [4.69, 9.17) is 0 Å². The average Bonchev–Trinajstić information content (AvgIpc) is 2.75. The number of urea groups is 1. The molecule has 6 nitrogen and oxygen atoms in total. The first kappa shape index (κ1) is 17.2. The standard InChI is InChI=1S/C13H24N4O2.ClH/c1-2-14-9-11-3-5-16(6-4-11)7-8-17-12(18)10-15-13(17)19;/h11,14H,2-10H2,1H3,(H,15,19);1H. The molecule has 20 heavy (non-hydrogen) atoms. The SMILES string of the molecule is CCNCC1CCN(CCN2C(=O)CNC2=O)CC1.Cl. The van der Waals surface area contributed by atoms with Crippen LogP contribution in [0.3, 0.4) is 0 Å². The molecule has 0 unspecified atom stereocenters. The van der Waals surface area contributed by atoms with Gasteiger partial charge in [-0.1, -0.05) is 6.92 Å². The minimum Gasteiger partial charge on any atom is -0.329 e.